The summed E-state index contributed by atoms with van der Waals surface area (Å²) in [6.07, 6.45) is 3.82. The molecule has 2 aliphatic rings. The number of nitrogens with zero attached hydrogens (tertiary/aromatic N) is 2. The summed E-state index contributed by atoms with van der Waals surface area (Å²) in [6, 6.07) is 10.3. The van der Waals surface area contributed by atoms with Gasteiger partial charge in [-0.2, -0.15) is 0 Å². The lowest BCUT2D eigenvalue weighted by Crippen LogP contribution is -2.48. The van der Waals surface area contributed by atoms with Crippen LogP contribution in [0, 0.1) is 11.3 Å². The van der Waals surface area contributed by atoms with Gasteiger partial charge in [-0.25, -0.2) is 0 Å². The summed E-state index contributed by atoms with van der Waals surface area (Å²) in [5.74, 6) is -0.501. The fourth-order valence-corrected chi connectivity index (χ4v) is 4.71. The molecule has 5 heteroatoms. The van der Waals surface area contributed by atoms with Crippen molar-refractivity contribution in [3.8, 4) is 0 Å². The highest BCUT2D eigenvalue weighted by molar-refractivity contribution is 5.87. The molecular formula is C20H28N2O3. The fourth-order valence-electron chi connectivity index (χ4n) is 4.71. The maximum absolute atomic E-state index is 13.3. The average Bonchev–Trinajstić information content (AvgIpc) is 3.12. The molecule has 0 radical (unpaired) electrons. The van der Waals surface area contributed by atoms with Crippen molar-refractivity contribution in [1.82, 2.24) is 9.80 Å². The third kappa shape index (κ3) is 3.71. The number of carboxylic acid groups (broad SMARTS) is 1. The van der Waals surface area contributed by atoms with Gasteiger partial charge in [0.1, 0.15) is 6.54 Å². The lowest BCUT2D eigenvalue weighted by molar-refractivity contribution is -0.150. The number of likely N-dealkylation sites (tertiary alicyclic amines) is 1. The molecule has 3 rings (SSSR count). The van der Waals surface area contributed by atoms with E-state index in [0.29, 0.717) is 12.5 Å². The molecule has 2 atom stereocenters. The summed E-state index contributed by atoms with van der Waals surface area (Å²) in [7, 11) is 0. The summed E-state index contributed by atoms with van der Waals surface area (Å²) in [5.41, 5.74) is 0.889. The van der Waals surface area contributed by atoms with Crippen molar-refractivity contribution < 1.29 is 14.7 Å². The van der Waals surface area contributed by atoms with Crippen LogP contribution >= 0.6 is 0 Å². The average molecular weight is 344 g/mol. The smallest absolute Gasteiger partial charge is 0.323 e. The molecule has 136 valence electrons. The van der Waals surface area contributed by atoms with Crippen LogP contribution in [0.2, 0.25) is 0 Å². The molecule has 0 aromatic heterocycles. The van der Waals surface area contributed by atoms with E-state index in [-0.39, 0.29) is 17.9 Å². The summed E-state index contributed by atoms with van der Waals surface area (Å²) in [6.45, 7) is 4.89. The minimum absolute atomic E-state index is 0.0646. The second-order valence-corrected chi connectivity index (χ2v) is 7.52. The zero-order chi connectivity index (χ0) is 17.9. The van der Waals surface area contributed by atoms with Gasteiger partial charge in [0.25, 0.3) is 0 Å². The molecule has 1 N–H and O–H groups in total. The molecule has 25 heavy (non-hydrogen) atoms. The topological polar surface area (TPSA) is 60.9 Å². The number of carbonyl (C=O) groups is 2. The van der Waals surface area contributed by atoms with E-state index in [1.807, 2.05) is 25.1 Å². The fraction of sp³-hybridized carbons (Fsp3) is 0.600. The van der Waals surface area contributed by atoms with Crippen LogP contribution in [0.4, 0.5) is 0 Å². The molecule has 1 amide bonds. The van der Waals surface area contributed by atoms with Crippen molar-refractivity contribution in [1.29, 1.82) is 0 Å². The van der Waals surface area contributed by atoms with Crippen LogP contribution in [0.15, 0.2) is 30.3 Å². The number of aliphatic carboxylic acids is 1. The number of hydrogen-bond acceptors (Lipinski definition) is 3. The van der Waals surface area contributed by atoms with Crippen LogP contribution in [0.25, 0.3) is 0 Å². The van der Waals surface area contributed by atoms with E-state index in [2.05, 4.69) is 17.0 Å². The van der Waals surface area contributed by atoms with Gasteiger partial charge in [-0.15, -0.1) is 0 Å². The van der Waals surface area contributed by atoms with Gasteiger partial charge in [-0.3, -0.25) is 14.5 Å². The Morgan fingerprint density at radius 1 is 1.32 bits per heavy atom. The largest absolute Gasteiger partial charge is 0.480 e. The lowest BCUT2D eigenvalue weighted by Gasteiger charge is -2.33. The number of rotatable bonds is 7. The first kappa shape index (κ1) is 17.9. The molecule has 0 bridgehead atoms. The second-order valence-electron chi connectivity index (χ2n) is 7.52. The molecule has 1 saturated carbocycles. The standard InChI is InChI=1S/C20H28N2O3/c1-2-11-22(14-18(23)24)19(25)20-10-6-9-17(20)13-21(15-20)12-16-7-4-3-5-8-16/h3-5,7-8,17H,2,6,9-15H2,1H3,(H,23,24)/t17-,20-/m1/s1. The summed E-state index contributed by atoms with van der Waals surface area (Å²) < 4.78 is 0. The first-order chi connectivity index (χ1) is 12.0. The molecule has 1 aliphatic heterocycles. The highest BCUT2D eigenvalue weighted by atomic mass is 16.4. The van der Waals surface area contributed by atoms with Gasteiger partial charge in [-0.1, -0.05) is 43.7 Å². The van der Waals surface area contributed by atoms with Gasteiger partial charge in [0, 0.05) is 26.2 Å². The van der Waals surface area contributed by atoms with Gasteiger partial charge in [-0.05, 0) is 30.7 Å². The number of benzene rings is 1. The molecule has 0 spiro atoms. The molecule has 1 heterocycles. The highest BCUT2D eigenvalue weighted by Gasteiger charge is 2.55. The molecule has 2 fully saturated rings. The van der Waals surface area contributed by atoms with Crippen LogP contribution < -0.4 is 0 Å². The van der Waals surface area contributed by atoms with Crippen molar-refractivity contribution >= 4 is 11.9 Å². The quantitative estimate of drug-likeness (QED) is 0.826. The Labute approximate surface area is 149 Å². The van der Waals surface area contributed by atoms with Gasteiger partial charge in [0.2, 0.25) is 5.91 Å². The minimum Gasteiger partial charge on any atom is -0.480 e. The number of amides is 1. The zero-order valence-electron chi connectivity index (χ0n) is 15.0. The number of carbonyl (C=O) groups excluding carboxylic acids is 1. The molecule has 1 saturated heterocycles. The maximum Gasteiger partial charge on any atom is 0.323 e. The van der Waals surface area contributed by atoms with Crippen LogP contribution in [-0.4, -0.2) is 53.0 Å². The predicted octanol–water partition coefficient (Wildman–Crippen LogP) is 2.61. The SMILES string of the molecule is CCCN(CC(=O)O)C(=O)[C@@]12CCC[C@@H]1CN(Cc1ccccc1)C2. The van der Waals surface area contributed by atoms with Crippen molar-refractivity contribution in [2.45, 2.75) is 39.2 Å². The summed E-state index contributed by atoms with van der Waals surface area (Å²) in [5, 5.41) is 9.18. The van der Waals surface area contributed by atoms with E-state index in [1.165, 1.54) is 5.56 Å². The number of fused-ring (bicyclic) bond motifs is 1. The van der Waals surface area contributed by atoms with E-state index in [0.717, 1.165) is 45.3 Å². The summed E-state index contributed by atoms with van der Waals surface area (Å²) in [4.78, 5) is 28.5. The zero-order valence-corrected chi connectivity index (χ0v) is 15.0. The molecule has 5 nitrogen and oxygen atoms in total. The maximum atomic E-state index is 13.3. The van der Waals surface area contributed by atoms with Crippen LogP contribution in [0.3, 0.4) is 0 Å². The Bertz CT molecular complexity index is 619. The predicted molar refractivity (Wildman–Crippen MR) is 96.0 cm³/mol. The molecule has 1 aromatic carbocycles. The molecule has 0 unspecified atom stereocenters. The Balaban J connectivity index is 1.75. The van der Waals surface area contributed by atoms with Crippen LogP contribution in [0.5, 0.6) is 0 Å². The molecular weight excluding hydrogens is 316 g/mol. The van der Waals surface area contributed by atoms with Crippen molar-refractivity contribution in [3.63, 3.8) is 0 Å². The highest BCUT2D eigenvalue weighted by Crippen LogP contribution is 2.50. The third-order valence-electron chi connectivity index (χ3n) is 5.72. The van der Waals surface area contributed by atoms with Crippen molar-refractivity contribution in [2.75, 3.05) is 26.2 Å². The number of carboxylic acids is 1. The molecule has 1 aromatic rings. The van der Waals surface area contributed by atoms with Crippen LogP contribution in [-0.2, 0) is 16.1 Å². The lowest BCUT2D eigenvalue weighted by atomic mass is 9.79. The van der Waals surface area contributed by atoms with Gasteiger partial charge in [0.15, 0.2) is 0 Å². The Morgan fingerprint density at radius 2 is 2.08 bits per heavy atom. The summed E-state index contributed by atoms with van der Waals surface area (Å²) >= 11 is 0. The number of hydrogen-bond donors (Lipinski definition) is 1. The normalized spacial score (nSPS) is 25.7. The first-order valence-corrected chi connectivity index (χ1v) is 9.32. The van der Waals surface area contributed by atoms with E-state index in [1.54, 1.807) is 4.90 Å². The Hall–Kier alpha value is -1.88. The second kappa shape index (κ2) is 7.56. The van der Waals surface area contributed by atoms with E-state index in [4.69, 9.17) is 0 Å². The van der Waals surface area contributed by atoms with Gasteiger partial charge < -0.3 is 10.0 Å². The monoisotopic (exact) mass is 344 g/mol. The first-order valence-electron chi connectivity index (χ1n) is 9.32. The molecule has 1 aliphatic carbocycles. The van der Waals surface area contributed by atoms with E-state index in [9.17, 15) is 14.7 Å². The van der Waals surface area contributed by atoms with Crippen molar-refractivity contribution in [3.05, 3.63) is 35.9 Å². The van der Waals surface area contributed by atoms with Crippen LogP contribution in [0.1, 0.15) is 38.2 Å². The Kier molecular flexibility index (Phi) is 5.42. The van der Waals surface area contributed by atoms with Gasteiger partial charge in [0.05, 0.1) is 5.41 Å². The van der Waals surface area contributed by atoms with Crippen molar-refractivity contribution in [2.24, 2.45) is 11.3 Å². The minimum atomic E-state index is -0.924. The van der Waals surface area contributed by atoms with E-state index >= 15 is 0 Å². The Morgan fingerprint density at radius 3 is 2.76 bits per heavy atom. The van der Waals surface area contributed by atoms with Gasteiger partial charge >= 0.3 is 5.97 Å². The third-order valence-corrected chi connectivity index (χ3v) is 5.72. The van der Waals surface area contributed by atoms with E-state index < -0.39 is 5.97 Å².